The molecule has 0 heterocycles. The van der Waals surface area contributed by atoms with Crippen LogP contribution in [0.4, 0.5) is 4.79 Å². The molecule has 0 aromatic heterocycles. The van der Waals surface area contributed by atoms with E-state index in [0.717, 1.165) is 5.56 Å². The Hall–Kier alpha value is -1.59. The molecule has 5 heteroatoms. The molecule has 4 N–H and O–H groups in total. The molecule has 0 saturated heterocycles. The van der Waals surface area contributed by atoms with Gasteiger partial charge in [0.1, 0.15) is 5.60 Å². The Morgan fingerprint density at radius 3 is 2.44 bits per heavy atom. The monoisotopic (exact) mass is 251 g/mol. The fourth-order valence-corrected chi connectivity index (χ4v) is 1.51. The molecule has 5 nitrogen and oxygen atoms in total. The number of carbonyl (C=O) groups excluding carboxylic acids is 1. The van der Waals surface area contributed by atoms with Gasteiger partial charge >= 0.3 is 6.09 Å². The molecule has 0 unspecified atom stereocenters. The van der Waals surface area contributed by atoms with E-state index in [1.165, 1.54) is 0 Å². The molecule has 1 amide bonds. The van der Waals surface area contributed by atoms with E-state index in [1.807, 2.05) is 51.1 Å². The van der Waals surface area contributed by atoms with Crippen molar-refractivity contribution in [2.75, 3.05) is 6.54 Å². The lowest BCUT2D eigenvalue weighted by atomic mass is 10.1. The summed E-state index contributed by atoms with van der Waals surface area (Å²) in [6.07, 6.45) is -0.452. The van der Waals surface area contributed by atoms with Gasteiger partial charge in [0.25, 0.3) is 0 Å². The lowest BCUT2D eigenvalue weighted by Crippen LogP contribution is -2.40. The molecule has 0 bridgehead atoms. The maximum atomic E-state index is 11.7. The van der Waals surface area contributed by atoms with Gasteiger partial charge in [-0.05, 0) is 26.3 Å². The molecule has 1 aromatic carbocycles. The number of nitrogens with two attached hydrogens (primary N) is 1. The van der Waals surface area contributed by atoms with Gasteiger partial charge in [-0.2, -0.15) is 0 Å². The number of rotatable bonds is 4. The molecule has 1 aromatic rings. The highest BCUT2D eigenvalue weighted by atomic mass is 16.6. The number of hydrogen-bond donors (Lipinski definition) is 3. The van der Waals surface area contributed by atoms with Gasteiger partial charge in [-0.3, -0.25) is 11.3 Å². The molecule has 100 valence electrons. The lowest BCUT2D eigenvalue weighted by Gasteiger charge is -2.23. The Balaban J connectivity index is 2.67. The predicted molar refractivity (Wildman–Crippen MR) is 70.7 cm³/mol. The first-order chi connectivity index (χ1) is 8.42. The minimum Gasteiger partial charge on any atom is -0.444 e. The number of carbonyl (C=O) groups is 1. The van der Waals surface area contributed by atoms with Crippen LogP contribution in [0.2, 0.25) is 0 Å². The second kappa shape index (κ2) is 6.37. The second-order valence-electron chi connectivity index (χ2n) is 5.02. The summed E-state index contributed by atoms with van der Waals surface area (Å²) < 4.78 is 5.22. The van der Waals surface area contributed by atoms with Crippen molar-refractivity contribution < 1.29 is 9.53 Å². The van der Waals surface area contributed by atoms with Crippen molar-refractivity contribution in [2.45, 2.75) is 32.4 Å². The van der Waals surface area contributed by atoms with Gasteiger partial charge in [-0.15, -0.1) is 0 Å². The maximum Gasteiger partial charge on any atom is 0.408 e. The zero-order chi connectivity index (χ0) is 13.6. The van der Waals surface area contributed by atoms with Crippen LogP contribution < -0.4 is 16.6 Å². The Morgan fingerprint density at radius 2 is 1.94 bits per heavy atom. The minimum atomic E-state index is -0.512. The Morgan fingerprint density at radius 1 is 1.33 bits per heavy atom. The number of hydrazine groups is 1. The smallest absolute Gasteiger partial charge is 0.408 e. The van der Waals surface area contributed by atoms with Crippen LogP contribution in [-0.4, -0.2) is 18.2 Å². The lowest BCUT2D eigenvalue weighted by molar-refractivity contribution is 0.0503. The van der Waals surface area contributed by atoms with Crippen LogP contribution in [0.15, 0.2) is 30.3 Å². The molecule has 0 aliphatic carbocycles. The average Bonchev–Trinajstić information content (AvgIpc) is 2.27. The number of nitrogens with one attached hydrogen (secondary N) is 2. The van der Waals surface area contributed by atoms with E-state index in [4.69, 9.17) is 10.6 Å². The summed E-state index contributed by atoms with van der Waals surface area (Å²) in [5.74, 6) is 5.33. The fraction of sp³-hybridized carbons (Fsp3) is 0.462. The Labute approximate surface area is 108 Å². The zero-order valence-electron chi connectivity index (χ0n) is 11.1. The summed E-state index contributed by atoms with van der Waals surface area (Å²) in [6, 6.07) is 9.39. The minimum absolute atomic E-state index is 0.217. The van der Waals surface area contributed by atoms with Crippen molar-refractivity contribution in [3.8, 4) is 0 Å². The van der Waals surface area contributed by atoms with E-state index in [9.17, 15) is 4.79 Å². The molecule has 0 aliphatic heterocycles. The van der Waals surface area contributed by atoms with E-state index < -0.39 is 11.7 Å². The summed E-state index contributed by atoms with van der Waals surface area (Å²) in [5, 5.41) is 2.79. The quantitative estimate of drug-likeness (QED) is 0.562. The molecule has 0 radical (unpaired) electrons. The van der Waals surface area contributed by atoms with Crippen LogP contribution in [-0.2, 0) is 4.74 Å². The third-order valence-electron chi connectivity index (χ3n) is 2.21. The van der Waals surface area contributed by atoms with Crippen molar-refractivity contribution in [3.63, 3.8) is 0 Å². The second-order valence-corrected chi connectivity index (χ2v) is 5.02. The first-order valence-electron chi connectivity index (χ1n) is 5.90. The summed E-state index contributed by atoms with van der Waals surface area (Å²) in [6.45, 7) is 5.91. The van der Waals surface area contributed by atoms with E-state index in [-0.39, 0.29) is 6.04 Å². The number of alkyl carbamates (subject to hydrolysis) is 1. The van der Waals surface area contributed by atoms with E-state index in [2.05, 4.69) is 10.7 Å². The number of hydrogen-bond acceptors (Lipinski definition) is 4. The Bertz CT molecular complexity index is 374. The molecule has 0 saturated carbocycles. The van der Waals surface area contributed by atoms with Crippen LogP contribution in [0.25, 0.3) is 0 Å². The highest BCUT2D eigenvalue weighted by Crippen LogP contribution is 2.13. The molecule has 0 spiro atoms. The third-order valence-corrected chi connectivity index (χ3v) is 2.21. The van der Waals surface area contributed by atoms with Gasteiger partial charge < -0.3 is 10.1 Å². The average molecular weight is 251 g/mol. The normalized spacial score (nSPS) is 12.9. The third kappa shape index (κ3) is 5.16. The van der Waals surface area contributed by atoms with Crippen LogP contribution >= 0.6 is 0 Å². The molecule has 0 aliphatic rings. The largest absolute Gasteiger partial charge is 0.444 e. The van der Waals surface area contributed by atoms with Gasteiger partial charge in [0.15, 0.2) is 0 Å². The van der Waals surface area contributed by atoms with Crippen LogP contribution in [0, 0.1) is 0 Å². The molecule has 0 fully saturated rings. The molecule has 1 atom stereocenters. The van der Waals surface area contributed by atoms with Crippen molar-refractivity contribution in [2.24, 2.45) is 5.84 Å². The van der Waals surface area contributed by atoms with Gasteiger partial charge in [0.2, 0.25) is 0 Å². The molecular formula is C13H21N3O2. The predicted octanol–water partition coefficient (Wildman–Crippen LogP) is 1.72. The van der Waals surface area contributed by atoms with Crippen molar-refractivity contribution in [1.29, 1.82) is 0 Å². The fourth-order valence-electron chi connectivity index (χ4n) is 1.51. The summed E-state index contributed by atoms with van der Waals surface area (Å²) >= 11 is 0. The first-order valence-corrected chi connectivity index (χ1v) is 5.90. The van der Waals surface area contributed by atoms with E-state index in [1.54, 1.807) is 0 Å². The van der Waals surface area contributed by atoms with Gasteiger partial charge in [-0.25, -0.2) is 4.79 Å². The number of ether oxygens (including phenoxy) is 1. The van der Waals surface area contributed by atoms with Crippen molar-refractivity contribution >= 4 is 6.09 Å². The summed E-state index contributed by atoms with van der Waals surface area (Å²) in [4.78, 5) is 11.7. The van der Waals surface area contributed by atoms with E-state index in [0.29, 0.717) is 6.54 Å². The molecule has 1 rings (SSSR count). The van der Waals surface area contributed by atoms with Crippen LogP contribution in [0.5, 0.6) is 0 Å². The maximum absolute atomic E-state index is 11.7. The Kier molecular flexibility index (Phi) is 5.12. The van der Waals surface area contributed by atoms with Gasteiger partial charge in [0, 0.05) is 6.54 Å². The summed E-state index contributed by atoms with van der Waals surface area (Å²) in [7, 11) is 0. The zero-order valence-corrected chi connectivity index (χ0v) is 11.1. The standard InChI is InChI=1S/C13H21N3O2/c1-13(2,3)18-12(17)16-11(9-15-14)10-7-5-4-6-8-10/h4-8,11,15H,9,14H2,1-3H3,(H,16,17)/t11-/m1/s1. The van der Waals surface area contributed by atoms with Crippen molar-refractivity contribution in [1.82, 2.24) is 10.7 Å². The van der Waals surface area contributed by atoms with Crippen molar-refractivity contribution in [3.05, 3.63) is 35.9 Å². The van der Waals surface area contributed by atoms with E-state index >= 15 is 0 Å². The van der Waals surface area contributed by atoms with Gasteiger partial charge in [-0.1, -0.05) is 30.3 Å². The van der Waals surface area contributed by atoms with Crippen LogP contribution in [0.1, 0.15) is 32.4 Å². The SMILES string of the molecule is CC(C)(C)OC(=O)N[C@H](CNN)c1ccccc1. The number of benzene rings is 1. The number of amides is 1. The highest BCUT2D eigenvalue weighted by Gasteiger charge is 2.19. The van der Waals surface area contributed by atoms with Crippen LogP contribution in [0.3, 0.4) is 0 Å². The topological polar surface area (TPSA) is 76.4 Å². The highest BCUT2D eigenvalue weighted by molar-refractivity contribution is 5.68. The van der Waals surface area contributed by atoms with Gasteiger partial charge in [0.05, 0.1) is 6.04 Å². The molecule has 18 heavy (non-hydrogen) atoms. The summed E-state index contributed by atoms with van der Waals surface area (Å²) in [5.41, 5.74) is 3.03. The first kappa shape index (κ1) is 14.5. The molecular weight excluding hydrogens is 230 g/mol.